The first-order valence-corrected chi connectivity index (χ1v) is 10.00. The van der Waals surface area contributed by atoms with Crippen molar-refractivity contribution < 1.29 is 24.4 Å². The van der Waals surface area contributed by atoms with Gasteiger partial charge in [-0.2, -0.15) is 5.26 Å². The number of nitrogens with one attached hydrogen (secondary N) is 1. The number of alkyl carbamates (subject to hydrolysis) is 1. The van der Waals surface area contributed by atoms with E-state index in [1.165, 1.54) is 0 Å². The molecule has 2 amide bonds. The number of hydrogen-bond donors (Lipinski definition) is 3. The van der Waals surface area contributed by atoms with Gasteiger partial charge in [0, 0.05) is 6.04 Å². The molecule has 8 nitrogen and oxygen atoms in total. The second kappa shape index (κ2) is 10.3. The summed E-state index contributed by atoms with van der Waals surface area (Å²) in [7, 11) is -1.76. The number of nitriles is 1. The molecule has 1 aromatic carbocycles. The van der Waals surface area contributed by atoms with E-state index in [-0.39, 0.29) is 24.6 Å². The van der Waals surface area contributed by atoms with E-state index in [0.717, 1.165) is 12.0 Å². The molecule has 0 radical (unpaired) electrons. The van der Waals surface area contributed by atoms with Gasteiger partial charge in [-0.3, -0.25) is 4.79 Å². The van der Waals surface area contributed by atoms with Gasteiger partial charge in [-0.15, -0.1) is 0 Å². The lowest BCUT2D eigenvalue weighted by atomic mass is 9.76. The van der Waals surface area contributed by atoms with Gasteiger partial charge < -0.3 is 25.0 Å². The molecule has 1 aliphatic rings. The standard InChI is InChI=1S/C21H28BN3O5/c1-4-21(11-10-16(3)25(21)19(26)15(2)13-23)14-30-20(27)24-18(22(28)29)12-17-8-6-5-7-9-17/h5-9,16,18,28-29H,2,4,10-12,14H2,1,3H3,(H,24,27)/t16?,18-,21?/m0/s1. The van der Waals surface area contributed by atoms with Crippen LogP contribution in [0, 0.1) is 11.3 Å². The molecule has 1 saturated heterocycles. The molecule has 1 fully saturated rings. The van der Waals surface area contributed by atoms with E-state index in [0.29, 0.717) is 12.8 Å². The minimum Gasteiger partial charge on any atom is -0.447 e. The van der Waals surface area contributed by atoms with Gasteiger partial charge in [0.15, 0.2) is 0 Å². The van der Waals surface area contributed by atoms with Crippen molar-refractivity contribution in [1.29, 1.82) is 5.26 Å². The van der Waals surface area contributed by atoms with Gasteiger partial charge in [-0.1, -0.05) is 43.8 Å². The van der Waals surface area contributed by atoms with Crippen molar-refractivity contribution in [3.63, 3.8) is 0 Å². The summed E-state index contributed by atoms with van der Waals surface area (Å²) in [6.45, 7) is 7.23. The predicted octanol–water partition coefficient (Wildman–Crippen LogP) is 1.58. The smallest absolute Gasteiger partial charge is 0.447 e. The molecule has 3 N–H and O–H groups in total. The fraction of sp³-hybridized carbons (Fsp3) is 0.476. The van der Waals surface area contributed by atoms with Crippen LogP contribution in [0.5, 0.6) is 0 Å². The van der Waals surface area contributed by atoms with E-state index >= 15 is 0 Å². The highest BCUT2D eigenvalue weighted by atomic mass is 16.6. The highest BCUT2D eigenvalue weighted by molar-refractivity contribution is 6.43. The molecule has 0 aliphatic carbocycles. The molecule has 1 heterocycles. The molecule has 0 aromatic heterocycles. The van der Waals surface area contributed by atoms with Crippen LogP contribution in [0.25, 0.3) is 0 Å². The Morgan fingerprint density at radius 3 is 2.67 bits per heavy atom. The summed E-state index contributed by atoms with van der Waals surface area (Å²) in [5.41, 5.74) is -0.0601. The third-order valence-electron chi connectivity index (χ3n) is 5.68. The zero-order valence-electron chi connectivity index (χ0n) is 17.4. The van der Waals surface area contributed by atoms with Crippen molar-refractivity contribution in [3.8, 4) is 6.07 Å². The van der Waals surface area contributed by atoms with Gasteiger partial charge in [0.2, 0.25) is 0 Å². The zero-order chi connectivity index (χ0) is 22.3. The topological polar surface area (TPSA) is 123 Å². The van der Waals surface area contributed by atoms with Crippen molar-refractivity contribution in [2.24, 2.45) is 0 Å². The largest absolute Gasteiger partial charge is 0.475 e. The molecule has 0 spiro atoms. The molecule has 30 heavy (non-hydrogen) atoms. The van der Waals surface area contributed by atoms with E-state index in [2.05, 4.69) is 11.9 Å². The SMILES string of the molecule is C=C(C#N)C(=O)N1C(C)CCC1(CC)COC(=O)N[C@@H](Cc1ccccc1)B(O)O. The van der Waals surface area contributed by atoms with Gasteiger partial charge in [-0.25, -0.2) is 4.79 Å². The molecular formula is C21H28BN3O5. The molecule has 9 heteroatoms. The van der Waals surface area contributed by atoms with Gasteiger partial charge in [0.1, 0.15) is 18.2 Å². The fourth-order valence-corrected chi connectivity index (χ4v) is 3.89. The summed E-state index contributed by atoms with van der Waals surface area (Å²) in [5.74, 6) is -1.41. The monoisotopic (exact) mass is 413 g/mol. The highest BCUT2D eigenvalue weighted by Gasteiger charge is 2.47. The quantitative estimate of drug-likeness (QED) is 0.338. The van der Waals surface area contributed by atoms with E-state index in [4.69, 9.17) is 10.00 Å². The zero-order valence-corrected chi connectivity index (χ0v) is 17.4. The Morgan fingerprint density at radius 1 is 1.43 bits per heavy atom. The fourth-order valence-electron chi connectivity index (χ4n) is 3.89. The second-order valence-corrected chi connectivity index (χ2v) is 7.66. The number of nitrogens with zero attached hydrogens (tertiary/aromatic N) is 2. The summed E-state index contributed by atoms with van der Waals surface area (Å²) in [5, 5.41) is 30.8. The Morgan fingerprint density at radius 2 is 2.10 bits per heavy atom. The molecule has 0 saturated carbocycles. The van der Waals surface area contributed by atoms with Crippen LogP contribution in [0.15, 0.2) is 42.5 Å². The Bertz CT molecular complexity index is 811. The van der Waals surface area contributed by atoms with Crippen LogP contribution in [0.2, 0.25) is 0 Å². The number of ether oxygens (including phenoxy) is 1. The maximum absolute atomic E-state index is 12.7. The number of rotatable bonds is 8. The average molecular weight is 413 g/mol. The first-order valence-electron chi connectivity index (χ1n) is 10.00. The van der Waals surface area contributed by atoms with Crippen molar-refractivity contribution in [2.45, 2.75) is 57.1 Å². The van der Waals surface area contributed by atoms with Crippen LogP contribution in [0.1, 0.15) is 38.7 Å². The third-order valence-corrected chi connectivity index (χ3v) is 5.68. The molecule has 3 atom stereocenters. The van der Waals surface area contributed by atoms with E-state index in [1.807, 2.05) is 44.2 Å². The molecule has 2 rings (SSSR count). The van der Waals surface area contributed by atoms with Crippen LogP contribution in [-0.2, 0) is 16.0 Å². The van der Waals surface area contributed by atoms with Crippen LogP contribution in [-0.4, -0.2) is 58.2 Å². The Hall–Kier alpha value is -2.83. The molecule has 0 bridgehead atoms. The van der Waals surface area contributed by atoms with E-state index < -0.39 is 30.6 Å². The van der Waals surface area contributed by atoms with E-state index in [9.17, 15) is 19.6 Å². The second-order valence-electron chi connectivity index (χ2n) is 7.66. The third kappa shape index (κ3) is 5.40. The molecule has 1 aliphatic heterocycles. The minimum absolute atomic E-state index is 0.0658. The number of likely N-dealkylation sites (tertiary alicyclic amines) is 1. The summed E-state index contributed by atoms with van der Waals surface area (Å²) in [4.78, 5) is 26.6. The van der Waals surface area contributed by atoms with Crippen molar-refractivity contribution in [1.82, 2.24) is 10.2 Å². The maximum Gasteiger partial charge on any atom is 0.475 e. The summed E-state index contributed by atoms with van der Waals surface area (Å²) in [6.07, 6.45) is 1.29. The molecule has 160 valence electrons. The van der Waals surface area contributed by atoms with Crippen LogP contribution >= 0.6 is 0 Å². The van der Waals surface area contributed by atoms with Crippen molar-refractivity contribution in [3.05, 3.63) is 48.0 Å². The number of hydrogen-bond acceptors (Lipinski definition) is 6. The Balaban J connectivity index is 2.05. The average Bonchev–Trinajstić information content (AvgIpc) is 3.08. The van der Waals surface area contributed by atoms with Gasteiger partial charge in [-0.05, 0) is 38.2 Å². The number of carbonyl (C=O) groups excluding carboxylic acids is 2. The lowest BCUT2D eigenvalue weighted by Gasteiger charge is -2.39. The first kappa shape index (κ1) is 23.5. The predicted molar refractivity (Wildman–Crippen MR) is 112 cm³/mol. The Kier molecular flexibility index (Phi) is 8.04. The van der Waals surface area contributed by atoms with Crippen LogP contribution in [0.4, 0.5) is 4.79 Å². The Labute approximate surface area is 177 Å². The van der Waals surface area contributed by atoms with Crippen molar-refractivity contribution >= 4 is 19.1 Å². The first-order chi connectivity index (χ1) is 14.2. The summed E-state index contributed by atoms with van der Waals surface area (Å²) in [6, 6.07) is 10.8. The van der Waals surface area contributed by atoms with Gasteiger partial charge in [0.25, 0.3) is 5.91 Å². The number of carbonyl (C=O) groups is 2. The minimum atomic E-state index is -1.76. The van der Waals surface area contributed by atoms with E-state index in [1.54, 1.807) is 11.0 Å². The van der Waals surface area contributed by atoms with Crippen molar-refractivity contribution in [2.75, 3.05) is 6.61 Å². The van der Waals surface area contributed by atoms with Crippen LogP contribution in [0.3, 0.4) is 0 Å². The summed E-state index contributed by atoms with van der Waals surface area (Å²) >= 11 is 0. The van der Waals surface area contributed by atoms with Gasteiger partial charge in [0.05, 0.1) is 11.5 Å². The molecule has 2 unspecified atom stereocenters. The molecular weight excluding hydrogens is 385 g/mol. The van der Waals surface area contributed by atoms with Gasteiger partial charge >= 0.3 is 13.2 Å². The number of amides is 2. The van der Waals surface area contributed by atoms with Crippen LogP contribution < -0.4 is 5.32 Å². The normalized spacial score (nSPS) is 21.4. The maximum atomic E-state index is 12.7. The molecule has 1 aromatic rings. The highest BCUT2D eigenvalue weighted by Crippen LogP contribution is 2.37. The number of benzene rings is 1. The lowest BCUT2D eigenvalue weighted by Crippen LogP contribution is -2.54. The summed E-state index contributed by atoms with van der Waals surface area (Å²) < 4.78 is 5.40. The lowest BCUT2D eigenvalue weighted by molar-refractivity contribution is -0.134.